The van der Waals surface area contributed by atoms with Crippen molar-refractivity contribution in [2.24, 2.45) is 0 Å². The van der Waals surface area contributed by atoms with Gasteiger partial charge in [0.25, 0.3) is 0 Å². The third-order valence-corrected chi connectivity index (χ3v) is 4.98. The molecule has 1 saturated heterocycles. The summed E-state index contributed by atoms with van der Waals surface area (Å²) in [5, 5.41) is 2.71. The Morgan fingerprint density at radius 3 is 2.86 bits per heavy atom. The van der Waals surface area contributed by atoms with E-state index in [2.05, 4.69) is 5.32 Å². The van der Waals surface area contributed by atoms with Crippen molar-refractivity contribution in [1.29, 1.82) is 0 Å². The third kappa shape index (κ3) is 4.60. The highest BCUT2D eigenvalue weighted by Gasteiger charge is 2.28. The van der Waals surface area contributed by atoms with E-state index in [0.717, 1.165) is 5.56 Å². The maximum Gasteiger partial charge on any atom is 0.244 e. The molecule has 1 atom stereocenters. The van der Waals surface area contributed by atoms with E-state index in [-0.39, 0.29) is 23.5 Å². The number of hydrogen-bond acceptors (Lipinski definition) is 4. The first kappa shape index (κ1) is 15.6. The molecule has 0 radical (unpaired) electrons. The summed E-state index contributed by atoms with van der Waals surface area (Å²) in [5.74, 6) is 0.604. The van der Waals surface area contributed by atoms with Crippen LogP contribution in [0.2, 0.25) is 0 Å². The van der Waals surface area contributed by atoms with Crippen LogP contribution in [0.3, 0.4) is 0 Å². The monoisotopic (exact) mass is 309 g/mol. The van der Waals surface area contributed by atoms with Crippen LogP contribution in [-0.4, -0.2) is 38.5 Å². The maximum atomic E-state index is 11.8. The van der Waals surface area contributed by atoms with Crippen LogP contribution in [0.25, 0.3) is 6.08 Å². The number of carbonyl (C=O) groups excluding carboxylic acids is 1. The number of ether oxygens (including phenoxy) is 1. The molecule has 0 saturated carbocycles. The minimum atomic E-state index is -2.98. The van der Waals surface area contributed by atoms with Gasteiger partial charge in [-0.3, -0.25) is 4.79 Å². The lowest BCUT2D eigenvalue weighted by Gasteiger charge is -2.09. The van der Waals surface area contributed by atoms with Crippen molar-refractivity contribution in [2.45, 2.75) is 19.4 Å². The van der Waals surface area contributed by atoms with E-state index < -0.39 is 9.84 Å². The molecule has 0 aliphatic carbocycles. The average molecular weight is 309 g/mol. The molecule has 1 N–H and O–H groups in total. The quantitative estimate of drug-likeness (QED) is 0.835. The summed E-state index contributed by atoms with van der Waals surface area (Å²) in [6.45, 7) is 2.45. The Hall–Kier alpha value is -1.82. The van der Waals surface area contributed by atoms with E-state index in [9.17, 15) is 13.2 Å². The molecule has 0 bridgehead atoms. The van der Waals surface area contributed by atoms with Gasteiger partial charge in [0.2, 0.25) is 5.91 Å². The lowest BCUT2D eigenvalue weighted by molar-refractivity contribution is -0.116. The van der Waals surface area contributed by atoms with Crippen molar-refractivity contribution in [3.63, 3.8) is 0 Å². The molecule has 6 heteroatoms. The predicted molar refractivity (Wildman–Crippen MR) is 81.8 cm³/mol. The fraction of sp³-hybridized carbons (Fsp3) is 0.400. The summed E-state index contributed by atoms with van der Waals surface area (Å²) in [6, 6.07) is 7.14. The molecule has 1 amide bonds. The van der Waals surface area contributed by atoms with Crippen LogP contribution >= 0.6 is 0 Å². The third-order valence-electron chi connectivity index (χ3n) is 3.21. The molecule has 1 aliphatic rings. The minimum Gasteiger partial charge on any atom is -0.493 e. The summed E-state index contributed by atoms with van der Waals surface area (Å²) in [7, 11) is -2.98. The fourth-order valence-electron chi connectivity index (χ4n) is 2.23. The Morgan fingerprint density at radius 1 is 1.43 bits per heavy atom. The normalized spacial score (nSPS) is 20.5. The fourth-order valence-corrected chi connectivity index (χ4v) is 3.90. The number of sulfone groups is 1. The maximum absolute atomic E-state index is 11.8. The number of para-hydroxylation sites is 1. The molecule has 1 unspecified atom stereocenters. The first-order valence-corrected chi connectivity index (χ1v) is 8.73. The Morgan fingerprint density at radius 2 is 2.19 bits per heavy atom. The summed E-state index contributed by atoms with van der Waals surface area (Å²) in [6.07, 6.45) is 3.56. The van der Waals surface area contributed by atoms with Gasteiger partial charge in [-0.25, -0.2) is 8.42 Å². The van der Waals surface area contributed by atoms with Gasteiger partial charge < -0.3 is 10.1 Å². The van der Waals surface area contributed by atoms with Gasteiger partial charge in [0.05, 0.1) is 18.1 Å². The topological polar surface area (TPSA) is 72.5 Å². The SMILES string of the molecule is CCOc1ccccc1C=CC(=O)NC1CCS(=O)(=O)C1. The van der Waals surface area contributed by atoms with Crippen molar-refractivity contribution >= 4 is 21.8 Å². The molecule has 1 aromatic carbocycles. The predicted octanol–water partition coefficient (Wildman–Crippen LogP) is 1.40. The summed E-state index contributed by atoms with van der Waals surface area (Å²) < 4.78 is 28.1. The molecule has 2 rings (SSSR count). The Balaban J connectivity index is 1.96. The van der Waals surface area contributed by atoms with Gasteiger partial charge in [0.15, 0.2) is 9.84 Å². The minimum absolute atomic E-state index is 0.0299. The van der Waals surface area contributed by atoms with Crippen LogP contribution in [0.1, 0.15) is 18.9 Å². The molecule has 1 fully saturated rings. The summed E-state index contributed by atoms with van der Waals surface area (Å²) >= 11 is 0. The highest BCUT2D eigenvalue weighted by Crippen LogP contribution is 2.19. The Bertz CT molecular complexity index is 637. The molecule has 0 aromatic heterocycles. The zero-order valence-corrected chi connectivity index (χ0v) is 12.7. The van der Waals surface area contributed by atoms with Crippen LogP contribution in [0.5, 0.6) is 5.75 Å². The van der Waals surface area contributed by atoms with Gasteiger partial charge in [-0.2, -0.15) is 0 Å². The van der Waals surface area contributed by atoms with E-state index in [1.165, 1.54) is 6.08 Å². The Kier molecular flexibility index (Phi) is 5.01. The molecule has 0 spiro atoms. The molecule has 1 aliphatic heterocycles. The Labute approximate surface area is 124 Å². The van der Waals surface area contributed by atoms with Gasteiger partial charge in [-0.1, -0.05) is 18.2 Å². The highest BCUT2D eigenvalue weighted by molar-refractivity contribution is 7.91. The number of rotatable bonds is 5. The standard InChI is InChI=1S/C15H19NO4S/c1-2-20-14-6-4-3-5-12(14)7-8-15(17)16-13-9-10-21(18,19)11-13/h3-8,13H,2,9-11H2,1H3,(H,16,17). The van der Waals surface area contributed by atoms with Crippen LogP contribution in [0, 0.1) is 0 Å². The van der Waals surface area contributed by atoms with Crippen molar-refractivity contribution in [1.82, 2.24) is 5.32 Å². The zero-order chi connectivity index (χ0) is 15.3. The highest BCUT2D eigenvalue weighted by atomic mass is 32.2. The first-order valence-electron chi connectivity index (χ1n) is 6.91. The van der Waals surface area contributed by atoms with E-state index >= 15 is 0 Å². The molecule has 1 heterocycles. The number of benzene rings is 1. The van der Waals surface area contributed by atoms with Crippen molar-refractivity contribution in [3.8, 4) is 5.75 Å². The van der Waals surface area contributed by atoms with Crippen LogP contribution < -0.4 is 10.1 Å². The number of amides is 1. The second-order valence-corrected chi connectivity index (χ2v) is 7.14. The first-order chi connectivity index (χ1) is 10.00. The van der Waals surface area contributed by atoms with Crippen LogP contribution in [0.4, 0.5) is 0 Å². The number of hydrogen-bond donors (Lipinski definition) is 1. The summed E-state index contributed by atoms with van der Waals surface area (Å²) in [4.78, 5) is 11.8. The second-order valence-electron chi connectivity index (χ2n) is 4.91. The zero-order valence-electron chi connectivity index (χ0n) is 11.9. The summed E-state index contributed by atoms with van der Waals surface area (Å²) in [5.41, 5.74) is 0.813. The van der Waals surface area contributed by atoms with E-state index in [1.54, 1.807) is 6.08 Å². The molecular weight excluding hydrogens is 290 g/mol. The van der Waals surface area contributed by atoms with Crippen LogP contribution in [0.15, 0.2) is 30.3 Å². The van der Waals surface area contributed by atoms with Crippen molar-refractivity contribution < 1.29 is 17.9 Å². The van der Waals surface area contributed by atoms with Gasteiger partial charge in [0, 0.05) is 17.7 Å². The number of nitrogens with one attached hydrogen (secondary N) is 1. The van der Waals surface area contributed by atoms with E-state index in [1.807, 2.05) is 31.2 Å². The van der Waals surface area contributed by atoms with Gasteiger partial charge >= 0.3 is 0 Å². The lowest BCUT2D eigenvalue weighted by Crippen LogP contribution is -2.34. The van der Waals surface area contributed by atoms with Crippen molar-refractivity contribution in [2.75, 3.05) is 18.1 Å². The molecular formula is C15H19NO4S. The van der Waals surface area contributed by atoms with Crippen LogP contribution in [-0.2, 0) is 14.6 Å². The number of carbonyl (C=O) groups is 1. The van der Waals surface area contributed by atoms with E-state index in [4.69, 9.17) is 4.74 Å². The lowest BCUT2D eigenvalue weighted by atomic mass is 10.2. The molecule has 5 nitrogen and oxygen atoms in total. The van der Waals surface area contributed by atoms with Gasteiger partial charge in [-0.05, 0) is 25.5 Å². The average Bonchev–Trinajstić information content (AvgIpc) is 2.77. The van der Waals surface area contributed by atoms with Gasteiger partial charge in [0.1, 0.15) is 5.75 Å². The van der Waals surface area contributed by atoms with Gasteiger partial charge in [-0.15, -0.1) is 0 Å². The molecule has 1 aromatic rings. The second kappa shape index (κ2) is 6.76. The van der Waals surface area contributed by atoms with Crippen molar-refractivity contribution in [3.05, 3.63) is 35.9 Å². The largest absolute Gasteiger partial charge is 0.493 e. The smallest absolute Gasteiger partial charge is 0.244 e. The molecule has 114 valence electrons. The molecule has 21 heavy (non-hydrogen) atoms. The van der Waals surface area contributed by atoms with E-state index in [0.29, 0.717) is 18.8 Å².